The Morgan fingerprint density at radius 1 is 1.35 bits per heavy atom. The van der Waals surface area contributed by atoms with Gasteiger partial charge in [0.2, 0.25) is 0 Å². The van der Waals surface area contributed by atoms with Crippen molar-refractivity contribution in [2.75, 3.05) is 25.1 Å². The van der Waals surface area contributed by atoms with Crippen LogP contribution in [0.2, 0.25) is 0 Å². The Labute approximate surface area is 117 Å². The van der Waals surface area contributed by atoms with Crippen molar-refractivity contribution in [1.82, 2.24) is 15.3 Å². The third kappa shape index (κ3) is 4.20. The van der Waals surface area contributed by atoms with Crippen molar-refractivity contribution < 1.29 is 14.7 Å². The first kappa shape index (κ1) is 14.3. The number of hydrazine groups is 1. The van der Waals surface area contributed by atoms with Gasteiger partial charge in [-0.3, -0.25) is 25.3 Å². The highest BCUT2D eigenvalue weighted by Gasteiger charge is 2.25. The molecule has 20 heavy (non-hydrogen) atoms. The average Bonchev–Trinajstić information content (AvgIpc) is 2.47. The van der Waals surface area contributed by atoms with E-state index in [2.05, 4.69) is 15.8 Å². The van der Waals surface area contributed by atoms with E-state index in [1.54, 1.807) is 18.3 Å². The molecule has 1 aromatic heterocycles. The molecule has 2 rings (SSSR count). The number of anilines is 1. The van der Waals surface area contributed by atoms with E-state index < -0.39 is 5.97 Å². The predicted octanol–water partition coefficient (Wildman–Crippen LogP) is 0.321. The highest BCUT2D eigenvalue weighted by atomic mass is 16.4. The Morgan fingerprint density at radius 2 is 2.10 bits per heavy atom. The maximum Gasteiger partial charge on any atom is 0.306 e. The second kappa shape index (κ2) is 6.85. The summed E-state index contributed by atoms with van der Waals surface area (Å²) in [6, 6.07) is 5.36. The number of nitrogens with one attached hydrogen (secondary N) is 2. The quantitative estimate of drug-likeness (QED) is 0.672. The van der Waals surface area contributed by atoms with Gasteiger partial charge in [0.05, 0.1) is 12.5 Å². The zero-order chi connectivity index (χ0) is 14.4. The summed E-state index contributed by atoms with van der Waals surface area (Å²) in [6.07, 6.45) is 2.82. The second-order valence-corrected chi connectivity index (χ2v) is 4.78. The number of likely N-dealkylation sites (tertiary alicyclic amines) is 1. The van der Waals surface area contributed by atoms with Gasteiger partial charge in [-0.1, -0.05) is 6.07 Å². The number of carboxylic acids is 1. The number of amides is 1. The number of aromatic nitrogens is 1. The van der Waals surface area contributed by atoms with Crippen molar-refractivity contribution >= 4 is 17.7 Å². The number of piperidine rings is 1. The average molecular weight is 278 g/mol. The van der Waals surface area contributed by atoms with Crippen LogP contribution in [0.5, 0.6) is 0 Å². The molecule has 0 bridgehead atoms. The maximum absolute atomic E-state index is 11.7. The van der Waals surface area contributed by atoms with Crippen LogP contribution in [-0.4, -0.2) is 46.5 Å². The third-order valence-corrected chi connectivity index (χ3v) is 3.30. The minimum atomic E-state index is -0.745. The molecule has 0 spiro atoms. The Hall–Kier alpha value is -2.15. The van der Waals surface area contributed by atoms with E-state index in [1.807, 2.05) is 11.0 Å². The summed E-state index contributed by atoms with van der Waals surface area (Å²) in [5, 5.41) is 8.90. The number of hydrogen-bond donors (Lipinski definition) is 3. The monoisotopic (exact) mass is 278 g/mol. The summed E-state index contributed by atoms with van der Waals surface area (Å²) in [5.41, 5.74) is 5.30. The molecule has 1 aliphatic rings. The van der Waals surface area contributed by atoms with Gasteiger partial charge >= 0.3 is 5.97 Å². The highest BCUT2D eigenvalue weighted by Crippen LogP contribution is 2.16. The van der Waals surface area contributed by atoms with Crippen molar-refractivity contribution in [2.45, 2.75) is 12.8 Å². The van der Waals surface area contributed by atoms with Crippen LogP contribution in [0.15, 0.2) is 24.4 Å². The van der Waals surface area contributed by atoms with Crippen LogP contribution in [0.4, 0.5) is 5.82 Å². The second-order valence-electron chi connectivity index (χ2n) is 4.78. The number of carbonyl (C=O) groups excluding carboxylic acids is 1. The normalized spacial score (nSPS) is 16.6. The molecule has 7 heteroatoms. The summed E-state index contributed by atoms with van der Waals surface area (Å²) in [7, 11) is 0. The van der Waals surface area contributed by atoms with Crippen LogP contribution in [0.1, 0.15) is 12.8 Å². The molecule has 108 valence electrons. The molecule has 1 aliphatic heterocycles. The van der Waals surface area contributed by atoms with Crippen molar-refractivity contribution in [1.29, 1.82) is 0 Å². The first-order valence-electron chi connectivity index (χ1n) is 6.56. The van der Waals surface area contributed by atoms with Crippen LogP contribution >= 0.6 is 0 Å². The Bertz CT molecular complexity index is 458. The number of hydrogen-bond acceptors (Lipinski definition) is 5. The molecule has 0 aliphatic carbocycles. The van der Waals surface area contributed by atoms with E-state index in [0.29, 0.717) is 31.7 Å². The minimum Gasteiger partial charge on any atom is -0.481 e. The van der Waals surface area contributed by atoms with Gasteiger partial charge in [-0.2, -0.15) is 0 Å². The molecule has 7 nitrogen and oxygen atoms in total. The fraction of sp³-hybridized carbons (Fsp3) is 0.462. The lowest BCUT2D eigenvalue weighted by Gasteiger charge is -2.29. The van der Waals surface area contributed by atoms with Gasteiger partial charge in [-0.25, -0.2) is 4.98 Å². The number of carbonyl (C=O) groups is 2. The zero-order valence-corrected chi connectivity index (χ0v) is 11.1. The Kier molecular flexibility index (Phi) is 4.89. The summed E-state index contributed by atoms with van der Waals surface area (Å²) >= 11 is 0. The van der Waals surface area contributed by atoms with Crippen molar-refractivity contribution in [3.8, 4) is 0 Å². The number of aliphatic carboxylic acids is 1. The van der Waals surface area contributed by atoms with Crippen molar-refractivity contribution in [3.05, 3.63) is 24.4 Å². The highest BCUT2D eigenvalue weighted by molar-refractivity contribution is 5.79. The van der Waals surface area contributed by atoms with Crippen LogP contribution in [0.25, 0.3) is 0 Å². The first-order valence-corrected chi connectivity index (χ1v) is 6.56. The lowest BCUT2D eigenvalue weighted by Crippen LogP contribution is -2.44. The Morgan fingerprint density at radius 3 is 2.70 bits per heavy atom. The molecular formula is C13H18N4O3. The molecule has 0 unspecified atom stereocenters. The molecule has 1 aromatic rings. The molecule has 2 heterocycles. The van der Waals surface area contributed by atoms with E-state index in [9.17, 15) is 9.59 Å². The molecule has 1 fully saturated rings. The molecule has 1 amide bonds. The van der Waals surface area contributed by atoms with Gasteiger partial charge in [0.25, 0.3) is 5.91 Å². The number of pyridine rings is 1. The largest absolute Gasteiger partial charge is 0.481 e. The number of rotatable bonds is 5. The molecule has 3 N–H and O–H groups in total. The number of carboxylic acid groups (broad SMARTS) is 1. The van der Waals surface area contributed by atoms with Crippen LogP contribution in [-0.2, 0) is 9.59 Å². The summed E-state index contributed by atoms with van der Waals surface area (Å²) in [4.78, 5) is 28.5. The van der Waals surface area contributed by atoms with Crippen molar-refractivity contribution in [3.63, 3.8) is 0 Å². The van der Waals surface area contributed by atoms with E-state index >= 15 is 0 Å². The van der Waals surface area contributed by atoms with E-state index in [-0.39, 0.29) is 18.4 Å². The van der Waals surface area contributed by atoms with Gasteiger partial charge in [-0.15, -0.1) is 0 Å². The van der Waals surface area contributed by atoms with Crippen LogP contribution < -0.4 is 10.9 Å². The molecular weight excluding hydrogens is 260 g/mol. The minimum absolute atomic E-state index is 0.163. The van der Waals surface area contributed by atoms with Gasteiger partial charge in [0, 0.05) is 6.20 Å². The smallest absolute Gasteiger partial charge is 0.306 e. The number of nitrogens with zero attached hydrogens (tertiary/aromatic N) is 2. The van der Waals surface area contributed by atoms with Gasteiger partial charge in [-0.05, 0) is 38.1 Å². The molecule has 0 aromatic carbocycles. The third-order valence-electron chi connectivity index (χ3n) is 3.30. The molecule has 1 saturated heterocycles. The Balaban J connectivity index is 1.69. The molecule has 0 saturated carbocycles. The van der Waals surface area contributed by atoms with Crippen LogP contribution in [0.3, 0.4) is 0 Å². The van der Waals surface area contributed by atoms with E-state index in [1.165, 1.54) is 0 Å². The van der Waals surface area contributed by atoms with Crippen molar-refractivity contribution in [2.24, 2.45) is 5.92 Å². The molecule has 0 radical (unpaired) electrons. The van der Waals surface area contributed by atoms with E-state index in [4.69, 9.17) is 5.11 Å². The fourth-order valence-electron chi connectivity index (χ4n) is 2.15. The standard InChI is InChI=1S/C13H18N4O3/c18-12(16-15-11-3-1-2-6-14-11)9-17-7-4-10(5-8-17)13(19)20/h1-3,6,10H,4-5,7-9H2,(H,14,15)(H,16,18)(H,19,20). The zero-order valence-electron chi connectivity index (χ0n) is 11.1. The van der Waals surface area contributed by atoms with Gasteiger partial charge in [0.15, 0.2) is 0 Å². The SMILES string of the molecule is O=C(CN1CCC(C(=O)O)CC1)NNc1ccccn1. The predicted molar refractivity (Wildman–Crippen MR) is 72.8 cm³/mol. The molecule has 0 atom stereocenters. The first-order chi connectivity index (χ1) is 9.65. The van der Waals surface area contributed by atoms with E-state index in [0.717, 1.165) is 0 Å². The van der Waals surface area contributed by atoms with Gasteiger partial charge in [0.1, 0.15) is 5.82 Å². The van der Waals surface area contributed by atoms with Gasteiger partial charge < -0.3 is 5.11 Å². The summed E-state index contributed by atoms with van der Waals surface area (Å²) in [5.74, 6) is -0.610. The topological polar surface area (TPSA) is 94.6 Å². The maximum atomic E-state index is 11.7. The fourth-order valence-corrected chi connectivity index (χ4v) is 2.15. The summed E-state index contributed by atoms with van der Waals surface area (Å²) < 4.78 is 0. The lowest BCUT2D eigenvalue weighted by molar-refractivity contribution is -0.143. The van der Waals surface area contributed by atoms with Crippen LogP contribution in [0, 0.1) is 5.92 Å². The lowest BCUT2D eigenvalue weighted by atomic mass is 9.97. The summed E-state index contributed by atoms with van der Waals surface area (Å²) in [6.45, 7) is 1.52.